The van der Waals surface area contributed by atoms with E-state index in [2.05, 4.69) is 15.4 Å². The topological polar surface area (TPSA) is 73.1 Å². The lowest BCUT2D eigenvalue weighted by Crippen LogP contribution is -2.13. The van der Waals surface area contributed by atoms with Crippen LogP contribution in [0.25, 0.3) is 0 Å². The molecule has 2 rings (SSSR count). The number of nitrogens with zero attached hydrogens (tertiary/aromatic N) is 2. The van der Waals surface area contributed by atoms with Gasteiger partial charge in [-0.1, -0.05) is 13.8 Å². The smallest absolute Gasteiger partial charge is 0.227 e. The number of halogens is 2. The summed E-state index contributed by atoms with van der Waals surface area (Å²) in [4.78, 5) is 8.55. The number of nitrogens with two attached hydrogens (primary N) is 1. The minimum absolute atomic E-state index is 0.0602. The zero-order valence-corrected chi connectivity index (χ0v) is 11.9. The van der Waals surface area contributed by atoms with Crippen molar-refractivity contribution >= 4 is 5.82 Å². The highest BCUT2D eigenvalue weighted by Gasteiger charge is 2.15. The van der Waals surface area contributed by atoms with Crippen LogP contribution in [0.5, 0.6) is 11.6 Å². The first-order chi connectivity index (χ1) is 9.92. The summed E-state index contributed by atoms with van der Waals surface area (Å²) in [5.41, 5.74) is 3.05. The van der Waals surface area contributed by atoms with Gasteiger partial charge in [-0.15, -0.1) is 0 Å². The van der Waals surface area contributed by atoms with Crippen LogP contribution in [-0.2, 0) is 0 Å². The number of hydrogen-bond acceptors (Lipinski definition) is 5. The van der Waals surface area contributed by atoms with Crippen LogP contribution >= 0.6 is 0 Å². The number of ether oxygens (including phenoxy) is 1. The molecule has 0 amide bonds. The molecule has 5 nitrogen and oxygen atoms in total. The fourth-order valence-electron chi connectivity index (χ4n) is 1.66. The third kappa shape index (κ3) is 3.25. The van der Waals surface area contributed by atoms with Crippen molar-refractivity contribution in [3.63, 3.8) is 0 Å². The second-order valence-corrected chi connectivity index (χ2v) is 4.84. The molecule has 21 heavy (non-hydrogen) atoms. The minimum atomic E-state index is -0.986. The lowest BCUT2D eigenvalue weighted by Gasteiger charge is -2.14. The monoisotopic (exact) mass is 294 g/mol. The number of nitrogen functional groups attached to an aromatic ring is 1. The molecule has 112 valence electrons. The zero-order valence-electron chi connectivity index (χ0n) is 11.9. The molecule has 0 radical (unpaired) electrons. The lowest BCUT2D eigenvalue weighted by molar-refractivity contribution is 0.440. The second kappa shape index (κ2) is 6.01. The van der Waals surface area contributed by atoms with Crippen molar-refractivity contribution in [2.24, 2.45) is 5.84 Å². The molecule has 1 aromatic heterocycles. The largest absolute Gasteiger partial charge is 0.438 e. The third-order valence-electron chi connectivity index (χ3n) is 2.88. The highest BCUT2D eigenvalue weighted by atomic mass is 19.2. The van der Waals surface area contributed by atoms with Crippen LogP contribution in [0, 0.1) is 18.6 Å². The Bertz CT molecular complexity index is 662. The average molecular weight is 294 g/mol. The average Bonchev–Trinajstić information content (AvgIpc) is 2.44. The molecule has 0 fully saturated rings. The quantitative estimate of drug-likeness (QED) is 0.669. The van der Waals surface area contributed by atoms with E-state index >= 15 is 0 Å². The summed E-state index contributed by atoms with van der Waals surface area (Å²) in [6.45, 7) is 5.56. The predicted molar refractivity (Wildman–Crippen MR) is 75.1 cm³/mol. The molecular formula is C14H16F2N4O. The molecule has 0 unspecified atom stereocenters. The first kappa shape index (κ1) is 15.1. The van der Waals surface area contributed by atoms with Crippen molar-refractivity contribution in [2.45, 2.75) is 26.7 Å². The summed E-state index contributed by atoms with van der Waals surface area (Å²) in [6, 6.07) is 3.28. The number of aromatic nitrogens is 2. The predicted octanol–water partition coefficient (Wildman–Crippen LogP) is 3.26. The van der Waals surface area contributed by atoms with E-state index in [9.17, 15) is 8.78 Å². The summed E-state index contributed by atoms with van der Waals surface area (Å²) in [6.07, 6.45) is 0. The highest BCUT2D eigenvalue weighted by Crippen LogP contribution is 2.29. The van der Waals surface area contributed by atoms with Crippen molar-refractivity contribution in [2.75, 3.05) is 5.43 Å². The van der Waals surface area contributed by atoms with Crippen LogP contribution in [0.1, 0.15) is 31.2 Å². The molecule has 0 saturated carbocycles. The normalized spacial score (nSPS) is 10.8. The van der Waals surface area contributed by atoms with Crippen molar-refractivity contribution < 1.29 is 13.5 Å². The van der Waals surface area contributed by atoms with Crippen molar-refractivity contribution in [3.05, 3.63) is 41.2 Å². The Labute approximate surface area is 121 Å². The Morgan fingerprint density at radius 2 is 1.90 bits per heavy atom. The van der Waals surface area contributed by atoms with Gasteiger partial charge in [0.05, 0.1) is 5.56 Å². The molecule has 0 bridgehead atoms. The maximum Gasteiger partial charge on any atom is 0.227 e. The first-order valence-corrected chi connectivity index (χ1v) is 6.40. The van der Waals surface area contributed by atoms with Gasteiger partial charge in [-0.3, -0.25) is 0 Å². The number of hydrogen-bond donors (Lipinski definition) is 2. The summed E-state index contributed by atoms with van der Waals surface area (Å²) in [5.74, 6) is 4.90. The minimum Gasteiger partial charge on any atom is -0.438 e. The number of benzene rings is 1. The van der Waals surface area contributed by atoms with Gasteiger partial charge >= 0.3 is 0 Å². The van der Waals surface area contributed by atoms with Gasteiger partial charge in [-0.05, 0) is 19.1 Å². The SMILES string of the molecule is Cc1c(NN)nc(C(C)C)nc1Oc1ccc(F)c(F)c1. The van der Waals surface area contributed by atoms with E-state index in [1.54, 1.807) is 6.92 Å². The van der Waals surface area contributed by atoms with Gasteiger partial charge in [0.2, 0.25) is 5.88 Å². The molecule has 0 aliphatic carbocycles. The number of hydrazine groups is 1. The van der Waals surface area contributed by atoms with Gasteiger partial charge in [-0.2, -0.15) is 4.98 Å². The van der Waals surface area contributed by atoms with E-state index < -0.39 is 11.6 Å². The van der Waals surface area contributed by atoms with Crippen molar-refractivity contribution in [3.8, 4) is 11.6 Å². The summed E-state index contributed by atoms with van der Waals surface area (Å²) < 4.78 is 31.7. The Morgan fingerprint density at radius 3 is 2.48 bits per heavy atom. The number of rotatable bonds is 4. The number of nitrogens with one attached hydrogen (secondary N) is 1. The molecule has 0 saturated heterocycles. The van der Waals surface area contributed by atoms with Crippen LogP contribution in [0.3, 0.4) is 0 Å². The van der Waals surface area contributed by atoms with Crippen LogP contribution in [0.15, 0.2) is 18.2 Å². The molecule has 7 heteroatoms. The van der Waals surface area contributed by atoms with Gasteiger partial charge in [0.15, 0.2) is 17.5 Å². The van der Waals surface area contributed by atoms with Gasteiger partial charge in [0, 0.05) is 12.0 Å². The van der Waals surface area contributed by atoms with Crippen LogP contribution in [-0.4, -0.2) is 9.97 Å². The van der Waals surface area contributed by atoms with E-state index in [1.807, 2.05) is 13.8 Å². The molecule has 1 heterocycles. The molecule has 0 aliphatic heterocycles. The van der Waals surface area contributed by atoms with Gasteiger partial charge < -0.3 is 10.2 Å². The standard InChI is InChI=1S/C14H16F2N4O/c1-7(2)12-18-13(20-17)8(3)14(19-12)21-9-4-5-10(15)11(16)6-9/h4-7H,17H2,1-3H3,(H,18,19,20). The van der Waals surface area contributed by atoms with Gasteiger partial charge in [-0.25, -0.2) is 19.6 Å². The molecule has 0 atom stereocenters. The molecule has 2 aromatic rings. The van der Waals surface area contributed by atoms with E-state index in [1.165, 1.54) is 6.07 Å². The fourth-order valence-corrected chi connectivity index (χ4v) is 1.66. The van der Waals surface area contributed by atoms with E-state index in [0.717, 1.165) is 12.1 Å². The zero-order chi connectivity index (χ0) is 15.6. The maximum absolute atomic E-state index is 13.2. The highest BCUT2D eigenvalue weighted by molar-refractivity contribution is 5.49. The number of anilines is 1. The van der Waals surface area contributed by atoms with Gasteiger partial charge in [0.25, 0.3) is 0 Å². The summed E-state index contributed by atoms with van der Waals surface area (Å²) >= 11 is 0. The first-order valence-electron chi connectivity index (χ1n) is 6.40. The fraction of sp³-hybridized carbons (Fsp3) is 0.286. The lowest BCUT2D eigenvalue weighted by atomic mass is 10.2. The molecule has 3 N–H and O–H groups in total. The Hall–Kier alpha value is -2.28. The van der Waals surface area contributed by atoms with Gasteiger partial charge in [0.1, 0.15) is 11.6 Å². The summed E-state index contributed by atoms with van der Waals surface area (Å²) in [7, 11) is 0. The second-order valence-electron chi connectivity index (χ2n) is 4.84. The van der Waals surface area contributed by atoms with Crippen molar-refractivity contribution in [1.82, 2.24) is 9.97 Å². The van der Waals surface area contributed by atoms with Crippen LogP contribution in [0.2, 0.25) is 0 Å². The van der Waals surface area contributed by atoms with Crippen LogP contribution < -0.4 is 16.0 Å². The molecule has 1 aromatic carbocycles. The van der Waals surface area contributed by atoms with Crippen LogP contribution in [0.4, 0.5) is 14.6 Å². The Kier molecular flexibility index (Phi) is 4.32. The summed E-state index contributed by atoms with van der Waals surface area (Å²) in [5, 5.41) is 0. The molecule has 0 aliphatic rings. The Morgan fingerprint density at radius 1 is 1.19 bits per heavy atom. The van der Waals surface area contributed by atoms with E-state index in [0.29, 0.717) is 17.2 Å². The maximum atomic E-state index is 13.2. The molecule has 0 spiro atoms. The van der Waals surface area contributed by atoms with E-state index in [-0.39, 0.29) is 17.5 Å². The molecular weight excluding hydrogens is 278 g/mol. The van der Waals surface area contributed by atoms with Crippen molar-refractivity contribution in [1.29, 1.82) is 0 Å². The third-order valence-corrected chi connectivity index (χ3v) is 2.88. The van der Waals surface area contributed by atoms with E-state index in [4.69, 9.17) is 10.6 Å². The Balaban J connectivity index is 2.42.